The average Bonchev–Trinajstić information content (AvgIpc) is 2.59. The Balaban J connectivity index is 3.39. The highest BCUT2D eigenvalue weighted by Gasteiger charge is 2.22. The number of rotatable bonds is 19. The van der Waals surface area contributed by atoms with E-state index >= 15 is 0 Å². The van der Waals surface area contributed by atoms with Crippen molar-refractivity contribution in [2.75, 3.05) is 13.2 Å². The van der Waals surface area contributed by atoms with Crippen LogP contribution >= 0.6 is 0 Å². The second-order valence-corrected chi connectivity index (χ2v) is 7.64. The molecule has 0 aliphatic rings. The minimum atomic E-state index is -0.372. The summed E-state index contributed by atoms with van der Waals surface area (Å²) in [5.41, 5.74) is 5.87. The zero-order valence-electron chi connectivity index (χ0n) is 16.9. The third kappa shape index (κ3) is 16.8. The van der Waals surface area contributed by atoms with Gasteiger partial charge in [-0.2, -0.15) is 0 Å². The summed E-state index contributed by atoms with van der Waals surface area (Å²) in [6, 6.07) is 0. The molecule has 0 aliphatic carbocycles. The second-order valence-electron chi connectivity index (χ2n) is 7.64. The van der Waals surface area contributed by atoms with E-state index in [4.69, 9.17) is 15.9 Å². The van der Waals surface area contributed by atoms with Crippen LogP contribution in [0.25, 0.3) is 0 Å². The summed E-state index contributed by atoms with van der Waals surface area (Å²) in [4.78, 5) is 0. The van der Waals surface area contributed by atoms with Gasteiger partial charge in [-0.15, -0.1) is 0 Å². The lowest BCUT2D eigenvalue weighted by molar-refractivity contribution is 0.183. The fraction of sp³-hybridized carbons (Fsp3) is 0.909. The minimum absolute atomic E-state index is 0.113. The lowest BCUT2D eigenvalue weighted by Gasteiger charge is -2.28. The standard InChI is InChI=1S/C22H45NO2/c1-2-3-4-5-6-7-8-9-10-11-12-13-14-15-16-17-22(23,18-20-24)19-21-25/h9-10,24-25H,2-8,11-21,23H2,1H3/b10-9+. The Labute approximate surface area is 157 Å². The SMILES string of the molecule is CCCCCCCC/C=C/CCCCCCCC(N)(CCO)CCO. The second kappa shape index (κ2) is 18.4. The molecule has 0 saturated carbocycles. The van der Waals surface area contributed by atoms with E-state index in [1.807, 2.05) is 0 Å². The molecule has 0 bridgehead atoms. The Hall–Kier alpha value is -0.380. The number of hydrogen-bond acceptors (Lipinski definition) is 3. The van der Waals surface area contributed by atoms with E-state index in [0.29, 0.717) is 12.8 Å². The van der Waals surface area contributed by atoms with Gasteiger partial charge < -0.3 is 15.9 Å². The molecule has 0 heterocycles. The number of nitrogens with two attached hydrogens (primary N) is 1. The molecule has 0 aromatic rings. The van der Waals surface area contributed by atoms with Crippen LogP contribution in [-0.4, -0.2) is 29.0 Å². The van der Waals surface area contributed by atoms with Crippen molar-refractivity contribution in [2.45, 2.75) is 115 Å². The first-order valence-electron chi connectivity index (χ1n) is 10.8. The van der Waals surface area contributed by atoms with E-state index in [9.17, 15) is 0 Å². The Morgan fingerprint density at radius 1 is 0.640 bits per heavy atom. The zero-order chi connectivity index (χ0) is 18.6. The molecular weight excluding hydrogens is 310 g/mol. The first-order chi connectivity index (χ1) is 12.2. The predicted molar refractivity (Wildman–Crippen MR) is 110 cm³/mol. The first kappa shape index (κ1) is 24.6. The van der Waals surface area contributed by atoms with Gasteiger partial charge in [-0.3, -0.25) is 0 Å². The van der Waals surface area contributed by atoms with Gasteiger partial charge in [0.2, 0.25) is 0 Å². The Morgan fingerprint density at radius 2 is 1.08 bits per heavy atom. The van der Waals surface area contributed by atoms with Crippen LogP contribution in [0.4, 0.5) is 0 Å². The monoisotopic (exact) mass is 355 g/mol. The molecule has 0 spiro atoms. The van der Waals surface area contributed by atoms with Gasteiger partial charge in [0.1, 0.15) is 0 Å². The van der Waals surface area contributed by atoms with Crippen molar-refractivity contribution in [3.63, 3.8) is 0 Å². The van der Waals surface area contributed by atoms with Gasteiger partial charge in [-0.25, -0.2) is 0 Å². The third-order valence-electron chi connectivity index (χ3n) is 5.16. The number of unbranched alkanes of at least 4 members (excludes halogenated alkanes) is 11. The van der Waals surface area contributed by atoms with Crippen molar-refractivity contribution in [3.8, 4) is 0 Å². The molecule has 0 aliphatic heterocycles. The summed E-state index contributed by atoms with van der Waals surface area (Å²) in [5, 5.41) is 18.2. The zero-order valence-corrected chi connectivity index (χ0v) is 16.9. The van der Waals surface area contributed by atoms with E-state index < -0.39 is 0 Å². The summed E-state index contributed by atoms with van der Waals surface area (Å²) in [6.45, 7) is 2.49. The molecule has 0 amide bonds. The summed E-state index contributed by atoms with van der Waals surface area (Å²) in [6.07, 6.45) is 23.7. The molecule has 3 nitrogen and oxygen atoms in total. The molecule has 25 heavy (non-hydrogen) atoms. The van der Waals surface area contributed by atoms with Crippen LogP contribution in [0.5, 0.6) is 0 Å². The highest BCUT2D eigenvalue weighted by Crippen LogP contribution is 2.20. The lowest BCUT2D eigenvalue weighted by atomic mass is 9.87. The molecule has 4 N–H and O–H groups in total. The molecule has 0 radical (unpaired) electrons. The normalized spacial score (nSPS) is 12.3. The molecule has 150 valence electrons. The van der Waals surface area contributed by atoms with Crippen LogP contribution in [0.2, 0.25) is 0 Å². The molecule has 0 saturated heterocycles. The van der Waals surface area contributed by atoms with E-state index in [1.54, 1.807) is 0 Å². The van der Waals surface area contributed by atoms with E-state index in [1.165, 1.54) is 77.0 Å². The maximum absolute atomic E-state index is 9.09. The van der Waals surface area contributed by atoms with Crippen LogP contribution in [0.3, 0.4) is 0 Å². The Kier molecular flexibility index (Phi) is 18.1. The van der Waals surface area contributed by atoms with Crippen molar-refractivity contribution in [2.24, 2.45) is 5.73 Å². The van der Waals surface area contributed by atoms with Gasteiger partial charge in [0, 0.05) is 18.8 Å². The van der Waals surface area contributed by atoms with Crippen molar-refractivity contribution < 1.29 is 10.2 Å². The van der Waals surface area contributed by atoms with Gasteiger partial charge >= 0.3 is 0 Å². The van der Waals surface area contributed by atoms with Gasteiger partial charge in [0.05, 0.1) is 0 Å². The minimum Gasteiger partial charge on any atom is -0.396 e. The summed E-state index contributed by atoms with van der Waals surface area (Å²) >= 11 is 0. The lowest BCUT2D eigenvalue weighted by Crippen LogP contribution is -2.41. The predicted octanol–water partition coefficient (Wildman–Crippen LogP) is 5.49. The Morgan fingerprint density at radius 3 is 1.56 bits per heavy atom. The summed E-state index contributed by atoms with van der Waals surface area (Å²) in [7, 11) is 0. The molecule has 0 unspecified atom stereocenters. The number of aliphatic hydroxyl groups is 2. The van der Waals surface area contributed by atoms with Crippen molar-refractivity contribution >= 4 is 0 Å². The van der Waals surface area contributed by atoms with Crippen molar-refractivity contribution in [3.05, 3.63) is 12.2 Å². The summed E-state index contributed by atoms with van der Waals surface area (Å²) < 4.78 is 0. The van der Waals surface area contributed by atoms with E-state index in [2.05, 4.69) is 19.1 Å². The molecule has 3 heteroatoms. The summed E-state index contributed by atoms with van der Waals surface area (Å²) in [5.74, 6) is 0. The van der Waals surface area contributed by atoms with E-state index in [-0.39, 0.29) is 18.8 Å². The maximum atomic E-state index is 9.09. The number of hydrogen-bond donors (Lipinski definition) is 3. The van der Waals surface area contributed by atoms with Crippen LogP contribution in [0.1, 0.15) is 110 Å². The quantitative estimate of drug-likeness (QED) is 0.212. The largest absolute Gasteiger partial charge is 0.396 e. The highest BCUT2D eigenvalue weighted by molar-refractivity contribution is 4.83. The maximum Gasteiger partial charge on any atom is 0.0448 e. The molecule has 0 fully saturated rings. The topological polar surface area (TPSA) is 66.5 Å². The van der Waals surface area contributed by atoms with Crippen LogP contribution in [0.15, 0.2) is 12.2 Å². The van der Waals surface area contributed by atoms with Crippen LogP contribution in [-0.2, 0) is 0 Å². The van der Waals surface area contributed by atoms with Gasteiger partial charge in [-0.05, 0) is 44.9 Å². The molecular formula is C22H45NO2. The van der Waals surface area contributed by atoms with E-state index in [0.717, 1.165) is 12.8 Å². The van der Waals surface area contributed by atoms with Gasteiger partial charge in [0.15, 0.2) is 0 Å². The fourth-order valence-electron chi connectivity index (χ4n) is 3.37. The number of allylic oxidation sites excluding steroid dienone is 2. The van der Waals surface area contributed by atoms with Crippen LogP contribution < -0.4 is 5.73 Å². The van der Waals surface area contributed by atoms with Gasteiger partial charge in [0.25, 0.3) is 0 Å². The fourth-order valence-corrected chi connectivity index (χ4v) is 3.37. The number of aliphatic hydroxyl groups excluding tert-OH is 2. The van der Waals surface area contributed by atoms with Gasteiger partial charge in [-0.1, -0.05) is 76.9 Å². The molecule has 0 aromatic carbocycles. The smallest absolute Gasteiger partial charge is 0.0448 e. The molecule has 0 aromatic heterocycles. The first-order valence-corrected chi connectivity index (χ1v) is 10.8. The van der Waals surface area contributed by atoms with Crippen LogP contribution in [0, 0.1) is 0 Å². The third-order valence-corrected chi connectivity index (χ3v) is 5.16. The van der Waals surface area contributed by atoms with Crippen molar-refractivity contribution in [1.82, 2.24) is 0 Å². The molecule has 0 rings (SSSR count). The average molecular weight is 356 g/mol. The van der Waals surface area contributed by atoms with Crippen molar-refractivity contribution in [1.29, 1.82) is 0 Å². The molecule has 0 atom stereocenters. The highest BCUT2D eigenvalue weighted by atomic mass is 16.3. The Bertz CT molecular complexity index is 286.